The van der Waals surface area contributed by atoms with E-state index in [1.165, 1.54) is 0 Å². The van der Waals surface area contributed by atoms with Crippen LogP contribution >= 0.6 is 0 Å². The van der Waals surface area contributed by atoms with Crippen molar-refractivity contribution in [3.63, 3.8) is 0 Å². The first-order valence-electron chi connectivity index (χ1n) is 9.75. The summed E-state index contributed by atoms with van der Waals surface area (Å²) in [6, 6.07) is 15.7. The second-order valence-electron chi connectivity index (χ2n) is 7.35. The molecule has 1 aromatic heterocycles. The molecule has 1 aliphatic rings. The summed E-state index contributed by atoms with van der Waals surface area (Å²) in [6.45, 7) is 4.77. The van der Waals surface area contributed by atoms with Crippen LogP contribution in [-0.4, -0.2) is 34.4 Å². The van der Waals surface area contributed by atoms with Crippen LogP contribution in [0.5, 0.6) is 0 Å². The minimum absolute atomic E-state index is 0.0564. The van der Waals surface area contributed by atoms with E-state index >= 15 is 0 Å². The van der Waals surface area contributed by atoms with E-state index < -0.39 is 0 Å². The number of para-hydroxylation sites is 1. The van der Waals surface area contributed by atoms with Crippen LogP contribution in [0.15, 0.2) is 48.5 Å². The van der Waals surface area contributed by atoms with Crippen molar-refractivity contribution in [3.8, 4) is 0 Å². The van der Waals surface area contributed by atoms with Gasteiger partial charge >= 0.3 is 0 Å². The maximum atomic E-state index is 13.2. The smallest absolute Gasteiger partial charge is 0.255 e. The van der Waals surface area contributed by atoms with E-state index in [1.54, 1.807) is 4.90 Å². The Morgan fingerprint density at radius 2 is 1.82 bits per heavy atom. The average Bonchev–Trinajstić information content (AvgIpc) is 3.12. The van der Waals surface area contributed by atoms with Gasteiger partial charge in [0.15, 0.2) is 0 Å². The van der Waals surface area contributed by atoms with Gasteiger partial charge in [0.05, 0.1) is 6.04 Å². The second kappa shape index (κ2) is 7.15. The fourth-order valence-corrected chi connectivity index (χ4v) is 4.21. The number of hydrogen-bond donors (Lipinski definition) is 1. The van der Waals surface area contributed by atoms with Gasteiger partial charge in [0.25, 0.3) is 5.91 Å². The highest BCUT2D eigenvalue weighted by atomic mass is 16.2. The molecule has 1 unspecified atom stereocenters. The first kappa shape index (κ1) is 18.3. The summed E-state index contributed by atoms with van der Waals surface area (Å²) in [5.41, 5.74) is 4.98. The van der Waals surface area contributed by atoms with Crippen LogP contribution in [0.25, 0.3) is 10.9 Å². The third kappa shape index (κ3) is 2.78. The van der Waals surface area contributed by atoms with Crippen molar-refractivity contribution in [2.75, 3.05) is 13.1 Å². The van der Waals surface area contributed by atoms with E-state index in [0.717, 1.165) is 34.1 Å². The van der Waals surface area contributed by atoms with Gasteiger partial charge in [0.1, 0.15) is 6.54 Å². The van der Waals surface area contributed by atoms with Gasteiger partial charge < -0.3 is 14.8 Å². The molecule has 0 saturated carbocycles. The molecule has 2 heterocycles. The fourth-order valence-electron chi connectivity index (χ4n) is 4.21. The molecule has 2 amide bonds. The summed E-state index contributed by atoms with van der Waals surface area (Å²) in [6.07, 6.45) is 0.867. The van der Waals surface area contributed by atoms with E-state index in [4.69, 9.17) is 0 Å². The van der Waals surface area contributed by atoms with Crippen LogP contribution in [-0.2, 0) is 11.8 Å². The summed E-state index contributed by atoms with van der Waals surface area (Å²) in [5.74, 6) is -0.203. The number of aromatic nitrogens is 1. The largest absolute Gasteiger partial charge is 0.355 e. The number of nitrogens with one attached hydrogen (secondary N) is 1. The predicted octanol–water partition coefficient (Wildman–Crippen LogP) is 3.56. The lowest BCUT2D eigenvalue weighted by Crippen LogP contribution is -2.39. The number of carbonyl (C=O) groups is 2. The van der Waals surface area contributed by atoms with Crippen LogP contribution < -0.4 is 5.32 Å². The summed E-state index contributed by atoms with van der Waals surface area (Å²) in [4.78, 5) is 27.4. The van der Waals surface area contributed by atoms with Crippen molar-refractivity contribution in [1.29, 1.82) is 0 Å². The normalized spacial score (nSPS) is 15.9. The quantitative estimate of drug-likeness (QED) is 0.741. The zero-order valence-corrected chi connectivity index (χ0v) is 16.5. The van der Waals surface area contributed by atoms with Crippen LogP contribution in [0.4, 0.5) is 0 Å². The maximum absolute atomic E-state index is 13.2. The summed E-state index contributed by atoms with van der Waals surface area (Å²) < 4.78 is 2.16. The molecule has 0 fully saturated rings. The first-order valence-corrected chi connectivity index (χ1v) is 9.75. The minimum Gasteiger partial charge on any atom is -0.355 e. The number of amides is 2. The zero-order chi connectivity index (χ0) is 19.8. The van der Waals surface area contributed by atoms with Gasteiger partial charge in [-0.1, -0.05) is 43.3 Å². The average molecular weight is 375 g/mol. The van der Waals surface area contributed by atoms with Gasteiger partial charge in [-0.25, -0.2) is 0 Å². The van der Waals surface area contributed by atoms with E-state index in [9.17, 15) is 9.59 Å². The Morgan fingerprint density at radius 1 is 1.11 bits per heavy atom. The predicted molar refractivity (Wildman–Crippen MR) is 110 cm³/mol. The van der Waals surface area contributed by atoms with Gasteiger partial charge in [-0.2, -0.15) is 0 Å². The highest BCUT2D eigenvalue weighted by Crippen LogP contribution is 2.43. The molecule has 1 atom stereocenters. The van der Waals surface area contributed by atoms with Crippen molar-refractivity contribution in [2.45, 2.75) is 26.3 Å². The minimum atomic E-state index is -0.262. The molecule has 2 aromatic carbocycles. The SMILES string of the molecule is CCCNC(=O)CN1C(=O)c2ccccc2C1c1c(C)n(C)c2ccccc12. The standard InChI is InChI=1S/C23H25N3O2/c1-4-13-24-20(27)14-26-22(16-9-5-6-10-17(16)23(26)28)21-15(2)25(3)19-12-8-7-11-18(19)21/h5-12,22H,4,13-14H2,1-3H3,(H,24,27). The van der Waals surface area contributed by atoms with Gasteiger partial charge in [-0.15, -0.1) is 0 Å². The molecule has 1 N–H and O–H groups in total. The van der Waals surface area contributed by atoms with E-state index in [-0.39, 0.29) is 24.4 Å². The Morgan fingerprint density at radius 3 is 2.61 bits per heavy atom. The van der Waals surface area contributed by atoms with Crippen molar-refractivity contribution in [3.05, 3.63) is 70.9 Å². The first-order chi connectivity index (χ1) is 13.5. The van der Waals surface area contributed by atoms with Gasteiger partial charge in [-0.3, -0.25) is 9.59 Å². The molecule has 0 spiro atoms. The molecule has 0 saturated heterocycles. The monoisotopic (exact) mass is 375 g/mol. The highest BCUT2D eigenvalue weighted by Gasteiger charge is 2.40. The van der Waals surface area contributed by atoms with Crippen molar-refractivity contribution >= 4 is 22.7 Å². The summed E-state index contributed by atoms with van der Waals surface area (Å²) in [5, 5.41) is 4.02. The number of nitrogens with zero attached hydrogens (tertiary/aromatic N) is 2. The van der Waals surface area contributed by atoms with E-state index in [2.05, 4.69) is 28.9 Å². The molecule has 0 radical (unpaired) electrons. The number of carbonyl (C=O) groups excluding carboxylic acids is 2. The zero-order valence-electron chi connectivity index (χ0n) is 16.5. The number of rotatable bonds is 5. The van der Waals surface area contributed by atoms with E-state index in [0.29, 0.717) is 12.1 Å². The second-order valence-corrected chi connectivity index (χ2v) is 7.35. The molecule has 5 nitrogen and oxygen atoms in total. The molecule has 0 aliphatic carbocycles. The van der Waals surface area contributed by atoms with Gasteiger partial charge in [-0.05, 0) is 31.0 Å². The molecule has 28 heavy (non-hydrogen) atoms. The Balaban J connectivity index is 1.86. The Kier molecular flexibility index (Phi) is 4.67. The van der Waals surface area contributed by atoms with Crippen LogP contribution in [0.3, 0.4) is 0 Å². The van der Waals surface area contributed by atoms with Gasteiger partial charge in [0.2, 0.25) is 5.91 Å². The number of aryl methyl sites for hydroxylation is 1. The topological polar surface area (TPSA) is 54.3 Å². The van der Waals surface area contributed by atoms with Crippen LogP contribution in [0, 0.1) is 6.92 Å². The lowest BCUT2D eigenvalue weighted by atomic mass is 9.95. The number of benzene rings is 2. The lowest BCUT2D eigenvalue weighted by Gasteiger charge is -2.26. The fraction of sp³-hybridized carbons (Fsp3) is 0.304. The molecule has 5 heteroatoms. The number of fused-ring (bicyclic) bond motifs is 2. The van der Waals surface area contributed by atoms with Crippen molar-refractivity contribution in [1.82, 2.24) is 14.8 Å². The lowest BCUT2D eigenvalue weighted by molar-refractivity contribution is -0.122. The maximum Gasteiger partial charge on any atom is 0.255 e. The van der Waals surface area contributed by atoms with Crippen molar-refractivity contribution < 1.29 is 9.59 Å². The Labute approximate surface area is 165 Å². The Hall–Kier alpha value is -3.08. The molecular formula is C23H25N3O2. The molecule has 4 rings (SSSR count). The molecule has 3 aromatic rings. The third-order valence-electron chi connectivity index (χ3n) is 5.67. The molecule has 1 aliphatic heterocycles. The highest BCUT2D eigenvalue weighted by molar-refractivity contribution is 6.02. The molecule has 144 valence electrons. The summed E-state index contributed by atoms with van der Waals surface area (Å²) in [7, 11) is 2.04. The van der Waals surface area contributed by atoms with Crippen LogP contribution in [0.1, 0.15) is 46.6 Å². The van der Waals surface area contributed by atoms with E-state index in [1.807, 2.05) is 50.4 Å². The third-order valence-corrected chi connectivity index (χ3v) is 5.67. The molecule has 0 bridgehead atoms. The Bertz CT molecular complexity index is 1070. The van der Waals surface area contributed by atoms with Crippen molar-refractivity contribution in [2.24, 2.45) is 7.05 Å². The summed E-state index contributed by atoms with van der Waals surface area (Å²) >= 11 is 0. The molecular weight excluding hydrogens is 350 g/mol. The number of hydrogen-bond acceptors (Lipinski definition) is 2. The van der Waals surface area contributed by atoms with Crippen LogP contribution in [0.2, 0.25) is 0 Å². The van der Waals surface area contributed by atoms with Gasteiger partial charge in [0, 0.05) is 41.3 Å².